The summed E-state index contributed by atoms with van der Waals surface area (Å²) < 4.78 is 20.4. The molecule has 0 aliphatic carbocycles. The molecule has 0 unspecified atom stereocenters. The highest BCUT2D eigenvalue weighted by Gasteiger charge is 2.19. The van der Waals surface area contributed by atoms with Crippen molar-refractivity contribution in [2.24, 2.45) is 0 Å². The van der Waals surface area contributed by atoms with Crippen molar-refractivity contribution >= 4 is 11.8 Å². The van der Waals surface area contributed by atoms with Gasteiger partial charge in [0.15, 0.2) is 6.61 Å². The lowest BCUT2D eigenvalue weighted by Gasteiger charge is -2.10. The number of hydrogen-bond donors (Lipinski definition) is 0. The van der Waals surface area contributed by atoms with Crippen LogP contribution in [0.4, 0.5) is 4.39 Å². The Kier molecular flexibility index (Phi) is 6.50. The van der Waals surface area contributed by atoms with Gasteiger partial charge >= 0.3 is 5.97 Å². The summed E-state index contributed by atoms with van der Waals surface area (Å²) in [6.07, 6.45) is 0.728. The Labute approximate surface area is 176 Å². The molecule has 0 saturated carbocycles. The van der Waals surface area contributed by atoms with E-state index < -0.39 is 5.97 Å². The van der Waals surface area contributed by atoms with Gasteiger partial charge in [-0.1, -0.05) is 24.3 Å². The maximum absolute atomic E-state index is 13.1. The number of benzene rings is 2. The summed E-state index contributed by atoms with van der Waals surface area (Å²) in [5.41, 5.74) is 5.71. The lowest BCUT2D eigenvalue weighted by atomic mass is 10.0. The molecule has 5 heteroatoms. The molecule has 1 heterocycles. The van der Waals surface area contributed by atoms with Crippen molar-refractivity contribution in [1.82, 2.24) is 4.57 Å². The molecule has 4 nitrogen and oxygen atoms in total. The van der Waals surface area contributed by atoms with Gasteiger partial charge in [0.05, 0.1) is 5.56 Å². The predicted molar refractivity (Wildman–Crippen MR) is 115 cm³/mol. The number of esters is 1. The van der Waals surface area contributed by atoms with Crippen LogP contribution in [0.2, 0.25) is 0 Å². The van der Waals surface area contributed by atoms with E-state index in [0.717, 1.165) is 34.5 Å². The highest BCUT2D eigenvalue weighted by atomic mass is 19.1. The van der Waals surface area contributed by atoms with E-state index in [-0.39, 0.29) is 18.2 Å². The van der Waals surface area contributed by atoms with E-state index in [9.17, 15) is 14.0 Å². The van der Waals surface area contributed by atoms with Gasteiger partial charge in [-0.3, -0.25) is 4.79 Å². The van der Waals surface area contributed by atoms with E-state index >= 15 is 0 Å². The van der Waals surface area contributed by atoms with Crippen LogP contribution < -0.4 is 0 Å². The first-order valence-corrected chi connectivity index (χ1v) is 9.95. The highest BCUT2D eigenvalue weighted by molar-refractivity contribution is 6.00. The van der Waals surface area contributed by atoms with Crippen LogP contribution in [0.15, 0.2) is 48.5 Å². The number of carbonyl (C=O) groups excluding carboxylic acids is 2. The van der Waals surface area contributed by atoms with Gasteiger partial charge < -0.3 is 9.30 Å². The number of ether oxygens (including phenoxy) is 1. The fraction of sp³-hybridized carbons (Fsp3) is 0.280. The van der Waals surface area contributed by atoms with E-state index in [2.05, 4.69) is 4.57 Å². The molecule has 30 heavy (non-hydrogen) atoms. The summed E-state index contributed by atoms with van der Waals surface area (Å²) in [4.78, 5) is 25.1. The van der Waals surface area contributed by atoms with E-state index in [1.54, 1.807) is 24.3 Å². The molecule has 0 spiro atoms. The molecular weight excluding hydrogens is 381 g/mol. The Morgan fingerprint density at radius 3 is 2.37 bits per heavy atom. The van der Waals surface area contributed by atoms with Crippen molar-refractivity contribution in [2.45, 2.75) is 40.7 Å². The minimum atomic E-state index is -0.491. The Bertz CT molecular complexity index is 1080. The van der Waals surface area contributed by atoms with Crippen LogP contribution in [0.5, 0.6) is 0 Å². The first-order valence-electron chi connectivity index (χ1n) is 9.95. The number of Topliss-reactive ketones (excluding diaryl/α,β-unsaturated/α-hetero) is 1. The van der Waals surface area contributed by atoms with Crippen molar-refractivity contribution in [2.75, 3.05) is 6.61 Å². The molecule has 0 atom stereocenters. The molecule has 0 N–H and O–H groups in total. The number of aryl methyl sites for hydroxylation is 3. The SMILES string of the molecule is Cc1cccc(C(=O)OCC(=O)c2cc(C)n(CCc3ccc(F)cc3)c2C)c1C. The summed E-state index contributed by atoms with van der Waals surface area (Å²) in [5, 5.41) is 0. The average molecular weight is 407 g/mol. The van der Waals surface area contributed by atoms with Gasteiger partial charge in [0.1, 0.15) is 5.82 Å². The summed E-state index contributed by atoms with van der Waals surface area (Å²) in [7, 11) is 0. The zero-order chi connectivity index (χ0) is 21.8. The van der Waals surface area contributed by atoms with Crippen molar-refractivity contribution < 1.29 is 18.7 Å². The summed E-state index contributed by atoms with van der Waals surface area (Å²) >= 11 is 0. The maximum atomic E-state index is 13.1. The second-order valence-electron chi connectivity index (χ2n) is 7.56. The Balaban J connectivity index is 1.66. The smallest absolute Gasteiger partial charge is 0.338 e. The predicted octanol–water partition coefficient (Wildman–Crippen LogP) is 5.14. The molecule has 3 aromatic rings. The topological polar surface area (TPSA) is 48.3 Å². The van der Waals surface area contributed by atoms with Gasteiger partial charge in [0.2, 0.25) is 5.78 Å². The summed E-state index contributed by atoms with van der Waals surface area (Å²) in [6.45, 7) is 8.00. The molecule has 0 aliphatic heterocycles. The van der Waals surface area contributed by atoms with E-state index in [1.165, 1.54) is 12.1 Å². The number of nitrogens with zero attached hydrogens (tertiary/aromatic N) is 1. The third kappa shape index (κ3) is 4.67. The van der Waals surface area contributed by atoms with Gasteiger partial charge in [0, 0.05) is 23.5 Å². The molecule has 0 amide bonds. The maximum Gasteiger partial charge on any atom is 0.338 e. The molecule has 2 aromatic carbocycles. The first-order chi connectivity index (χ1) is 14.3. The van der Waals surface area contributed by atoms with Crippen molar-refractivity contribution in [3.8, 4) is 0 Å². The van der Waals surface area contributed by atoms with E-state index in [0.29, 0.717) is 17.7 Å². The van der Waals surface area contributed by atoms with Gasteiger partial charge in [0.25, 0.3) is 0 Å². The molecule has 156 valence electrons. The second-order valence-corrected chi connectivity index (χ2v) is 7.56. The number of aromatic nitrogens is 1. The Morgan fingerprint density at radius 1 is 0.967 bits per heavy atom. The number of rotatable bonds is 7. The molecule has 0 aliphatic rings. The molecule has 0 saturated heterocycles. The third-order valence-electron chi connectivity index (χ3n) is 5.57. The van der Waals surface area contributed by atoms with Crippen molar-refractivity contribution in [1.29, 1.82) is 0 Å². The van der Waals surface area contributed by atoms with Gasteiger partial charge in [-0.05, 0) is 75.1 Å². The van der Waals surface area contributed by atoms with E-state index in [4.69, 9.17) is 4.74 Å². The number of carbonyl (C=O) groups is 2. The zero-order valence-electron chi connectivity index (χ0n) is 17.8. The van der Waals surface area contributed by atoms with Gasteiger partial charge in [-0.15, -0.1) is 0 Å². The van der Waals surface area contributed by atoms with Gasteiger partial charge in [-0.25, -0.2) is 9.18 Å². The summed E-state index contributed by atoms with van der Waals surface area (Å²) in [6, 6.07) is 13.7. The lowest BCUT2D eigenvalue weighted by Crippen LogP contribution is -2.16. The average Bonchev–Trinajstić information content (AvgIpc) is 3.01. The lowest BCUT2D eigenvalue weighted by molar-refractivity contribution is 0.0473. The van der Waals surface area contributed by atoms with Crippen LogP contribution in [0, 0.1) is 33.5 Å². The van der Waals surface area contributed by atoms with Gasteiger partial charge in [-0.2, -0.15) is 0 Å². The van der Waals surface area contributed by atoms with Crippen LogP contribution in [-0.4, -0.2) is 22.9 Å². The third-order valence-corrected chi connectivity index (χ3v) is 5.57. The standard InChI is InChI=1S/C25H26FNO3/c1-16-6-5-7-22(18(16)3)25(29)30-15-24(28)23-14-17(2)27(19(23)4)13-12-20-8-10-21(26)11-9-20/h5-11,14H,12-13,15H2,1-4H3. The Morgan fingerprint density at radius 2 is 1.67 bits per heavy atom. The molecule has 1 aromatic heterocycles. The van der Waals surface area contributed by atoms with Crippen molar-refractivity contribution in [3.63, 3.8) is 0 Å². The van der Waals surface area contributed by atoms with Crippen LogP contribution in [0.25, 0.3) is 0 Å². The van der Waals surface area contributed by atoms with Crippen LogP contribution >= 0.6 is 0 Å². The van der Waals surface area contributed by atoms with Crippen LogP contribution in [-0.2, 0) is 17.7 Å². The zero-order valence-corrected chi connectivity index (χ0v) is 17.8. The number of ketones is 1. The normalized spacial score (nSPS) is 10.8. The quantitative estimate of drug-likeness (QED) is 0.402. The van der Waals surface area contributed by atoms with Crippen molar-refractivity contribution in [3.05, 3.63) is 93.6 Å². The largest absolute Gasteiger partial charge is 0.454 e. The molecule has 0 radical (unpaired) electrons. The van der Waals surface area contributed by atoms with Crippen LogP contribution in [0.3, 0.4) is 0 Å². The fourth-order valence-electron chi connectivity index (χ4n) is 3.58. The second kappa shape index (κ2) is 9.08. The summed E-state index contributed by atoms with van der Waals surface area (Å²) in [5.74, 6) is -0.972. The Hall–Kier alpha value is -3.21. The number of halogens is 1. The monoisotopic (exact) mass is 407 g/mol. The first kappa shape index (κ1) is 21.5. The van der Waals surface area contributed by atoms with E-state index in [1.807, 2.05) is 39.8 Å². The molecule has 0 bridgehead atoms. The van der Waals surface area contributed by atoms with Crippen LogP contribution in [0.1, 0.15) is 48.8 Å². The molecule has 3 rings (SSSR count). The minimum absolute atomic E-state index is 0.227. The highest BCUT2D eigenvalue weighted by Crippen LogP contribution is 2.18. The minimum Gasteiger partial charge on any atom is -0.454 e. The molecule has 0 fully saturated rings. The molecular formula is C25H26FNO3. The number of hydrogen-bond acceptors (Lipinski definition) is 3. The fourth-order valence-corrected chi connectivity index (χ4v) is 3.58.